The first-order valence-corrected chi connectivity index (χ1v) is 21.6. The monoisotopic (exact) mass is 809 g/mol. The molecule has 0 saturated heterocycles. The maximum absolute atomic E-state index is 6.55. The van der Waals surface area contributed by atoms with Crippen LogP contribution >= 0.6 is 11.3 Å². The lowest BCUT2D eigenvalue weighted by Crippen LogP contribution is -2.00. The van der Waals surface area contributed by atoms with Gasteiger partial charge in [0.15, 0.2) is 17.5 Å². The molecular formula is C57H35N3OS. The fourth-order valence-corrected chi connectivity index (χ4v) is 10.0. The maximum Gasteiger partial charge on any atom is 0.167 e. The topological polar surface area (TPSA) is 51.8 Å². The fraction of sp³-hybridized carbons (Fsp3) is 0. The van der Waals surface area contributed by atoms with Gasteiger partial charge < -0.3 is 4.42 Å². The lowest BCUT2D eigenvalue weighted by molar-refractivity contribution is 0.669. The van der Waals surface area contributed by atoms with Gasteiger partial charge in [-0.15, -0.1) is 11.3 Å². The van der Waals surface area contributed by atoms with E-state index in [1.165, 1.54) is 43.5 Å². The van der Waals surface area contributed by atoms with Crippen LogP contribution in [0, 0.1) is 0 Å². The summed E-state index contributed by atoms with van der Waals surface area (Å²) in [7, 11) is 0. The molecule has 0 N–H and O–H groups in total. The average Bonchev–Trinajstić information content (AvgIpc) is 3.93. The largest absolute Gasteiger partial charge is 0.455 e. The van der Waals surface area contributed by atoms with Crippen molar-refractivity contribution in [2.75, 3.05) is 0 Å². The highest BCUT2D eigenvalue weighted by Crippen LogP contribution is 2.46. The second-order valence-electron chi connectivity index (χ2n) is 15.5. The van der Waals surface area contributed by atoms with Gasteiger partial charge in [0.25, 0.3) is 0 Å². The smallest absolute Gasteiger partial charge is 0.167 e. The third kappa shape index (κ3) is 6.26. The Balaban J connectivity index is 1.09. The van der Waals surface area contributed by atoms with Gasteiger partial charge in [0.05, 0.1) is 5.56 Å². The van der Waals surface area contributed by atoms with E-state index in [0.29, 0.717) is 17.5 Å². The minimum atomic E-state index is 0.560. The number of thiophene rings is 1. The molecular weight excluding hydrogens is 775 g/mol. The summed E-state index contributed by atoms with van der Waals surface area (Å²) in [6, 6.07) is 74.6. The van der Waals surface area contributed by atoms with Gasteiger partial charge in [0.1, 0.15) is 11.2 Å². The van der Waals surface area contributed by atoms with E-state index in [1.807, 2.05) is 42.5 Å². The summed E-state index contributed by atoms with van der Waals surface area (Å²) in [6.45, 7) is 0. The van der Waals surface area contributed by atoms with E-state index < -0.39 is 0 Å². The van der Waals surface area contributed by atoms with E-state index in [-0.39, 0.29) is 0 Å². The number of hydrogen-bond acceptors (Lipinski definition) is 5. The predicted molar refractivity (Wildman–Crippen MR) is 258 cm³/mol. The Morgan fingerprint density at radius 1 is 0.290 bits per heavy atom. The van der Waals surface area contributed by atoms with Crippen LogP contribution in [0.3, 0.4) is 0 Å². The molecule has 0 bridgehead atoms. The first kappa shape index (κ1) is 35.9. The van der Waals surface area contributed by atoms with Crippen molar-refractivity contribution in [1.82, 2.24) is 15.0 Å². The van der Waals surface area contributed by atoms with E-state index in [0.717, 1.165) is 59.8 Å². The minimum Gasteiger partial charge on any atom is -0.455 e. The highest BCUT2D eigenvalue weighted by molar-refractivity contribution is 7.26. The zero-order valence-corrected chi connectivity index (χ0v) is 34.2. The summed E-state index contributed by atoms with van der Waals surface area (Å²) in [5.74, 6) is 1.77. The Morgan fingerprint density at radius 2 is 0.758 bits per heavy atom. The molecule has 3 heterocycles. The number of aromatic nitrogens is 3. The van der Waals surface area contributed by atoms with Gasteiger partial charge in [-0.1, -0.05) is 188 Å². The number of fused-ring (bicyclic) bond motifs is 6. The molecule has 9 aromatic carbocycles. The fourth-order valence-electron chi connectivity index (χ4n) is 8.68. The van der Waals surface area contributed by atoms with Gasteiger partial charge in [-0.2, -0.15) is 0 Å². The molecule has 0 atom stereocenters. The number of furan rings is 1. The SMILES string of the molecule is c1ccc(-c2ccc(-c3cc(-c4nc(-c5ccccc5)nc(-c5cccc6c5oc5ccccc56)n4)c4sc5c(-c6ccc(-c7ccccc7)cc6)cccc5c4c3)cc2)cc1. The van der Waals surface area contributed by atoms with Crippen LogP contribution in [-0.4, -0.2) is 15.0 Å². The Bertz CT molecular complexity index is 3600. The van der Waals surface area contributed by atoms with Crippen molar-refractivity contribution < 1.29 is 4.42 Å². The Morgan fingerprint density at radius 3 is 1.42 bits per heavy atom. The molecule has 0 amide bonds. The average molecular weight is 810 g/mol. The molecule has 0 aliphatic heterocycles. The zero-order chi connectivity index (χ0) is 41.0. The summed E-state index contributed by atoms with van der Waals surface area (Å²) in [5, 5.41) is 4.45. The first-order chi connectivity index (χ1) is 30.7. The van der Waals surface area contributed by atoms with Crippen LogP contribution in [0.2, 0.25) is 0 Å². The van der Waals surface area contributed by atoms with Gasteiger partial charge in [-0.05, 0) is 68.8 Å². The molecule has 5 heteroatoms. The van der Waals surface area contributed by atoms with Crippen molar-refractivity contribution in [3.8, 4) is 78.7 Å². The molecule has 0 aliphatic carbocycles. The van der Waals surface area contributed by atoms with Crippen LogP contribution in [0.25, 0.3) is 121 Å². The third-order valence-corrected chi connectivity index (χ3v) is 13.1. The second kappa shape index (κ2) is 14.9. The molecule has 3 aromatic heterocycles. The summed E-state index contributed by atoms with van der Waals surface area (Å²) in [4.78, 5) is 15.8. The predicted octanol–water partition coefficient (Wildman–Crippen LogP) is 15.8. The molecule has 0 fully saturated rings. The van der Waals surface area contributed by atoms with E-state index in [2.05, 4.69) is 170 Å². The van der Waals surface area contributed by atoms with Crippen molar-refractivity contribution in [3.63, 3.8) is 0 Å². The van der Waals surface area contributed by atoms with Crippen molar-refractivity contribution in [3.05, 3.63) is 212 Å². The van der Waals surface area contributed by atoms with Crippen molar-refractivity contribution in [1.29, 1.82) is 0 Å². The molecule has 4 nitrogen and oxygen atoms in total. The number of benzene rings is 9. The number of hydrogen-bond donors (Lipinski definition) is 0. The van der Waals surface area contributed by atoms with Gasteiger partial charge in [-0.3, -0.25) is 0 Å². The van der Waals surface area contributed by atoms with Crippen LogP contribution in [-0.2, 0) is 0 Å². The van der Waals surface area contributed by atoms with Crippen LogP contribution < -0.4 is 0 Å². The zero-order valence-electron chi connectivity index (χ0n) is 33.4. The number of nitrogens with zero attached hydrogens (tertiary/aromatic N) is 3. The van der Waals surface area contributed by atoms with E-state index in [9.17, 15) is 0 Å². The van der Waals surface area contributed by atoms with E-state index >= 15 is 0 Å². The first-order valence-electron chi connectivity index (χ1n) is 20.8. The molecule has 0 saturated carbocycles. The third-order valence-electron chi connectivity index (χ3n) is 11.8. The summed E-state index contributed by atoms with van der Waals surface area (Å²) < 4.78 is 8.89. The summed E-state index contributed by atoms with van der Waals surface area (Å²) in [6.07, 6.45) is 0. The molecule has 12 rings (SSSR count). The number of para-hydroxylation sites is 2. The molecule has 62 heavy (non-hydrogen) atoms. The lowest BCUT2D eigenvalue weighted by Gasteiger charge is -2.12. The quantitative estimate of drug-likeness (QED) is 0.161. The molecule has 0 spiro atoms. The van der Waals surface area contributed by atoms with E-state index in [4.69, 9.17) is 19.4 Å². The van der Waals surface area contributed by atoms with E-state index in [1.54, 1.807) is 11.3 Å². The molecule has 12 aromatic rings. The van der Waals surface area contributed by atoms with Gasteiger partial charge in [-0.25, -0.2) is 15.0 Å². The second-order valence-corrected chi connectivity index (χ2v) is 16.5. The standard InChI is InChI=1S/C57H35N3OS/c1-4-14-36(15-5-1)38-26-28-40(29-27-38)43-34-49-47-23-12-21-44(41-32-30-39(31-33-41)37-16-6-2-7-17-37)53(47)62-54(49)50(35-43)57-59-55(42-18-8-3-9-19-42)58-56(60-57)48-24-13-22-46-45-20-10-11-25-51(45)61-52(46)48/h1-35H. The lowest BCUT2D eigenvalue weighted by atomic mass is 9.96. The normalized spacial score (nSPS) is 11.5. The van der Waals surface area contributed by atoms with Crippen molar-refractivity contribution in [2.24, 2.45) is 0 Å². The summed E-state index contributed by atoms with van der Waals surface area (Å²) >= 11 is 1.80. The van der Waals surface area contributed by atoms with Crippen LogP contribution in [0.15, 0.2) is 217 Å². The van der Waals surface area contributed by atoms with Crippen molar-refractivity contribution >= 4 is 53.4 Å². The minimum absolute atomic E-state index is 0.560. The molecule has 0 radical (unpaired) electrons. The van der Waals surface area contributed by atoms with Crippen molar-refractivity contribution in [2.45, 2.75) is 0 Å². The molecule has 290 valence electrons. The van der Waals surface area contributed by atoms with Crippen LogP contribution in [0.1, 0.15) is 0 Å². The molecule has 0 aliphatic rings. The Kier molecular flexibility index (Phi) is 8.65. The van der Waals surface area contributed by atoms with Crippen LogP contribution in [0.5, 0.6) is 0 Å². The van der Waals surface area contributed by atoms with Crippen LogP contribution in [0.4, 0.5) is 0 Å². The Hall–Kier alpha value is -7.99. The van der Waals surface area contributed by atoms with Gasteiger partial charge >= 0.3 is 0 Å². The maximum atomic E-state index is 6.55. The van der Waals surface area contributed by atoms with Gasteiger partial charge in [0, 0.05) is 42.1 Å². The van der Waals surface area contributed by atoms with Gasteiger partial charge in [0.2, 0.25) is 0 Å². The highest BCUT2D eigenvalue weighted by Gasteiger charge is 2.22. The Labute approximate surface area is 362 Å². The summed E-state index contributed by atoms with van der Waals surface area (Å²) in [5.41, 5.74) is 13.6. The molecule has 0 unspecified atom stereocenters. The number of rotatable bonds is 7. The highest BCUT2D eigenvalue weighted by atomic mass is 32.1.